The minimum Gasteiger partial charge on any atom is -0.488 e. The number of cyclic esters (lactones) is 1. The van der Waals surface area contributed by atoms with E-state index in [1.165, 1.54) is 12.1 Å². The Morgan fingerprint density at radius 1 is 1.24 bits per heavy atom. The number of carbonyl (C=O) groups is 1. The lowest BCUT2D eigenvalue weighted by atomic mass is 9.89. The molecule has 3 aromatic rings. The van der Waals surface area contributed by atoms with E-state index in [4.69, 9.17) is 9.47 Å². The minimum atomic E-state index is -0.699. The zero-order valence-corrected chi connectivity index (χ0v) is 19.5. The van der Waals surface area contributed by atoms with Crippen LogP contribution >= 0.6 is 11.3 Å². The van der Waals surface area contributed by atoms with Crippen molar-refractivity contribution in [3.8, 4) is 16.9 Å². The van der Waals surface area contributed by atoms with Crippen molar-refractivity contribution >= 4 is 23.4 Å². The Morgan fingerprint density at radius 2 is 2.03 bits per heavy atom. The lowest BCUT2D eigenvalue weighted by Gasteiger charge is -2.24. The minimum absolute atomic E-state index is 0.0265. The highest BCUT2D eigenvalue weighted by atomic mass is 32.1. The third-order valence-electron chi connectivity index (χ3n) is 5.59. The number of hydrogen-bond acceptors (Lipinski definition) is 5. The number of thiophene rings is 1. The van der Waals surface area contributed by atoms with Crippen LogP contribution in [-0.4, -0.2) is 23.3 Å². The van der Waals surface area contributed by atoms with Crippen LogP contribution in [0.1, 0.15) is 48.6 Å². The zero-order chi connectivity index (χ0) is 23.4. The van der Waals surface area contributed by atoms with Crippen molar-refractivity contribution in [2.45, 2.75) is 51.4 Å². The van der Waals surface area contributed by atoms with Crippen LogP contribution in [0.3, 0.4) is 0 Å². The van der Waals surface area contributed by atoms with Crippen molar-refractivity contribution in [2.75, 3.05) is 0 Å². The molecule has 0 radical (unpaired) electrons. The number of hydrogen-bond donors (Lipinski definition) is 1. The van der Waals surface area contributed by atoms with Crippen LogP contribution in [0.2, 0.25) is 0 Å². The molecule has 0 saturated carbocycles. The molecule has 1 aliphatic rings. The highest BCUT2D eigenvalue weighted by molar-refractivity contribution is 7.09. The van der Waals surface area contributed by atoms with Gasteiger partial charge in [-0.25, -0.2) is 4.39 Å². The zero-order valence-electron chi connectivity index (χ0n) is 18.7. The number of halogens is 1. The largest absolute Gasteiger partial charge is 0.488 e. The first-order valence-electron chi connectivity index (χ1n) is 11.0. The van der Waals surface area contributed by atoms with E-state index in [1.807, 2.05) is 41.8 Å². The molecule has 1 fully saturated rings. The predicted molar refractivity (Wildman–Crippen MR) is 129 cm³/mol. The SMILES string of the molecule is CC(C)c1cc(OCc2cccs2)cc(-c2ccc(F)cc2)c1C=CC1CC(O)CC(=O)O1. The maximum Gasteiger partial charge on any atom is 0.309 e. The monoisotopic (exact) mass is 466 g/mol. The number of benzene rings is 2. The molecule has 4 rings (SSSR count). The normalized spacial score (nSPS) is 18.6. The second-order valence-electron chi connectivity index (χ2n) is 8.48. The fraction of sp³-hybridized carbons (Fsp3) is 0.296. The van der Waals surface area contributed by atoms with Crippen molar-refractivity contribution in [3.05, 3.63) is 81.8 Å². The van der Waals surface area contributed by atoms with E-state index in [9.17, 15) is 14.3 Å². The molecule has 2 unspecified atom stereocenters. The first-order valence-corrected chi connectivity index (χ1v) is 11.9. The Balaban J connectivity index is 1.74. The Labute approximate surface area is 197 Å². The van der Waals surface area contributed by atoms with Gasteiger partial charge in [0, 0.05) is 11.3 Å². The quantitative estimate of drug-likeness (QED) is 0.413. The highest BCUT2D eigenvalue weighted by Crippen LogP contribution is 2.36. The van der Waals surface area contributed by atoms with Crippen molar-refractivity contribution in [2.24, 2.45) is 0 Å². The van der Waals surface area contributed by atoms with E-state index in [0.717, 1.165) is 32.9 Å². The van der Waals surface area contributed by atoms with Crippen LogP contribution in [0.5, 0.6) is 5.75 Å². The van der Waals surface area contributed by atoms with Gasteiger partial charge in [-0.1, -0.05) is 38.1 Å². The first kappa shape index (κ1) is 23.2. The van der Waals surface area contributed by atoms with Gasteiger partial charge in [0.15, 0.2) is 0 Å². The van der Waals surface area contributed by atoms with Gasteiger partial charge in [-0.15, -0.1) is 11.3 Å². The molecule has 1 N–H and O–H groups in total. The van der Waals surface area contributed by atoms with Crippen LogP contribution in [0.25, 0.3) is 17.2 Å². The molecular weight excluding hydrogens is 439 g/mol. The number of carbonyl (C=O) groups excluding carboxylic acids is 1. The first-order chi connectivity index (χ1) is 15.9. The lowest BCUT2D eigenvalue weighted by Crippen LogP contribution is -2.31. The highest BCUT2D eigenvalue weighted by Gasteiger charge is 2.25. The average Bonchev–Trinajstić information content (AvgIpc) is 3.29. The standard InChI is InChI=1S/C27H27FO4S/c1-17(2)25-14-22(31-16-23-4-3-11-33-23)15-26(18-5-7-19(28)8-6-18)24(25)10-9-21-12-20(29)13-27(30)32-21/h3-11,14-15,17,20-21,29H,12-13,16H2,1-2H3. The van der Waals surface area contributed by atoms with E-state index in [1.54, 1.807) is 23.5 Å². The number of aliphatic hydroxyl groups is 1. The molecule has 4 nitrogen and oxygen atoms in total. The van der Waals surface area contributed by atoms with E-state index < -0.39 is 18.2 Å². The van der Waals surface area contributed by atoms with E-state index in [0.29, 0.717) is 13.0 Å². The van der Waals surface area contributed by atoms with Crippen LogP contribution in [0.15, 0.2) is 60.0 Å². The van der Waals surface area contributed by atoms with Crippen molar-refractivity contribution < 1.29 is 23.8 Å². The second kappa shape index (κ2) is 10.3. The molecule has 172 valence electrons. The Kier molecular flexibility index (Phi) is 7.26. The van der Waals surface area contributed by atoms with Crippen LogP contribution in [-0.2, 0) is 16.1 Å². The molecule has 1 aromatic heterocycles. The molecule has 0 bridgehead atoms. The molecule has 2 atom stereocenters. The molecule has 0 amide bonds. The molecule has 1 aliphatic heterocycles. The molecular formula is C27H27FO4S. The Hall–Kier alpha value is -2.96. The van der Waals surface area contributed by atoms with Crippen molar-refractivity contribution in [1.29, 1.82) is 0 Å². The average molecular weight is 467 g/mol. The summed E-state index contributed by atoms with van der Waals surface area (Å²) in [6, 6.07) is 14.4. The molecule has 0 aliphatic carbocycles. The van der Waals surface area contributed by atoms with Gasteiger partial charge in [-0.05, 0) is 70.0 Å². The smallest absolute Gasteiger partial charge is 0.309 e. The van der Waals surface area contributed by atoms with Crippen LogP contribution < -0.4 is 4.74 Å². The van der Waals surface area contributed by atoms with Gasteiger partial charge in [-0.2, -0.15) is 0 Å². The summed E-state index contributed by atoms with van der Waals surface area (Å²) >= 11 is 1.64. The summed E-state index contributed by atoms with van der Waals surface area (Å²) in [7, 11) is 0. The fourth-order valence-corrected chi connectivity index (χ4v) is 4.56. The third kappa shape index (κ3) is 5.89. The Bertz CT molecular complexity index is 1120. The Morgan fingerprint density at radius 3 is 2.70 bits per heavy atom. The summed E-state index contributed by atoms with van der Waals surface area (Å²) in [5, 5.41) is 12.0. The number of rotatable bonds is 7. The summed E-state index contributed by atoms with van der Waals surface area (Å²) in [4.78, 5) is 12.9. The van der Waals surface area contributed by atoms with Gasteiger partial charge in [-0.3, -0.25) is 4.79 Å². The van der Waals surface area contributed by atoms with E-state index in [2.05, 4.69) is 13.8 Å². The summed E-state index contributed by atoms with van der Waals surface area (Å²) in [6.45, 7) is 4.69. The van der Waals surface area contributed by atoms with E-state index >= 15 is 0 Å². The second-order valence-corrected chi connectivity index (χ2v) is 9.52. The summed E-state index contributed by atoms with van der Waals surface area (Å²) in [5.41, 5.74) is 3.79. The number of aliphatic hydroxyl groups excluding tert-OH is 1. The van der Waals surface area contributed by atoms with E-state index in [-0.39, 0.29) is 18.2 Å². The van der Waals surface area contributed by atoms with Gasteiger partial charge >= 0.3 is 5.97 Å². The maximum absolute atomic E-state index is 13.6. The van der Waals surface area contributed by atoms with Crippen LogP contribution in [0.4, 0.5) is 4.39 Å². The van der Waals surface area contributed by atoms with Crippen molar-refractivity contribution in [3.63, 3.8) is 0 Å². The number of esters is 1. The van der Waals surface area contributed by atoms with Crippen molar-refractivity contribution in [1.82, 2.24) is 0 Å². The predicted octanol–water partition coefficient (Wildman–Crippen LogP) is 6.34. The molecule has 1 saturated heterocycles. The fourth-order valence-electron chi connectivity index (χ4n) is 3.94. The summed E-state index contributed by atoms with van der Waals surface area (Å²) < 4.78 is 25.1. The van der Waals surface area contributed by atoms with Gasteiger partial charge in [0.05, 0.1) is 12.5 Å². The molecule has 6 heteroatoms. The number of ether oxygens (including phenoxy) is 2. The summed E-state index contributed by atoms with van der Waals surface area (Å²) in [5.74, 6) is 0.230. The van der Waals surface area contributed by atoms with Gasteiger partial charge in [0.1, 0.15) is 24.3 Å². The maximum atomic E-state index is 13.6. The lowest BCUT2D eigenvalue weighted by molar-refractivity contribution is -0.156. The molecule has 2 heterocycles. The van der Waals surface area contributed by atoms with Gasteiger partial charge in [0.25, 0.3) is 0 Å². The third-order valence-corrected chi connectivity index (χ3v) is 6.44. The van der Waals surface area contributed by atoms with Crippen LogP contribution in [0, 0.1) is 5.82 Å². The van der Waals surface area contributed by atoms with Gasteiger partial charge < -0.3 is 14.6 Å². The van der Waals surface area contributed by atoms with Gasteiger partial charge in [0.2, 0.25) is 0 Å². The summed E-state index contributed by atoms with van der Waals surface area (Å²) in [6.07, 6.45) is 2.96. The molecule has 33 heavy (non-hydrogen) atoms. The topological polar surface area (TPSA) is 55.8 Å². The molecule has 0 spiro atoms. The molecule has 2 aromatic carbocycles.